The maximum atomic E-state index is 14.3. The fourth-order valence-electron chi connectivity index (χ4n) is 2.40. The smallest absolute Gasteiger partial charge is 0.135 e. The number of halogens is 1. The largest absolute Gasteiger partial charge is 0.382 e. The third-order valence-corrected chi connectivity index (χ3v) is 3.98. The van der Waals surface area contributed by atoms with Gasteiger partial charge in [-0.3, -0.25) is 4.79 Å². The first-order chi connectivity index (χ1) is 12.7. The number of hydrogen-bond donors (Lipinski definition) is 0. The van der Waals surface area contributed by atoms with E-state index in [9.17, 15) is 9.18 Å². The van der Waals surface area contributed by atoms with Crippen molar-refractivity contribution in [3.63, 3.8) is 0 Å². The van der Waals surface area contributed by atoms with E-state index < -0.39 is 5.67 Å². The van der Waals surface area contributed by atoms with Gasteiger partial charge in [0.15, 0.2) is 0 Å². The summed E-state index contributed by atoms with van der Waals surface area (Å²) in [5.74, 6) is 0.141. The molecule has 1 aliphatic rings. The number of alkyl halides is 1. The molecule has 0 radical (unpaired) electrons. The highest BCUT2D eigenvalue weighted by Gasteiger charge is 2.34. The van der Waals surface area contributed by atoms with Gasteiger partial charge in [0, 0.05) is 20.0 Å². The maximum absolute atomic E-state index is 14.3. The van der Waals surface area contributed by atoms with Gasteiger partial charge in [0.1, 0.15) is 11.5 Å². The van der Waals surface area contributed by atoms with E-state index in [0.29, 0.717) is 78.9 Å². The Labute approximate surface area is 155 Å². The van der Waals surface area contributed by atoms with Gasteiger partial charge in [-0.15, -0.1) is 0 Å². The van der Waals surface area contributed by atoms with Crippen LogP contribution in [0.3, 0.4) is 0 Å². The van der Waals surface area contributed by atoms with Crippen LogP contribution < -0.4 is 0 Å². The van der Waals surface area contributed by atoms with Crippen LogP contribution in [0.4, 0.5) is 4.39 Å². The Kier molecular flexibility index (Phi) is 13.9. The van der Waals surface area contributed by atoms with Crippen LogP contribution in [0.1, 0.15) is 25.7 Å². The molecule has 0 spiro atoms. The second-order valence-corrected chi connectivity index (χ2v) is 6.18. The molecule has 1 rings (SSSR count). The molecule has 0 aromatic heterocycles. The number of ketones is 1. The van der Waals surface area contributed by atoms with E-state index in [0.717, 1.165) is 0 Å². The van der Waals surface area contributed by atoms with Crippen molar-refractivity contribution in [2.24, 2.45) is 0 Å². The molecular weight excluding hydrogens is 347 g/mol. The zero-order valence-electron chi connectivity index (χ0n) is 15.8. The fourth-order valence-corrected chi connectivity index (χ4v) is 2.40. The van der Waals surface area contributed by atoms with Crippen LogP contribution in [0, 0.1) is 0 Å². The molecule has 0 saturated heterocycles. The number of Topliss-reactive ketones (excluding diaryl/α,β-unsaturated/α-hetero) is 1. The number of ether oxygens (including phenoxy) is 6. The second-order valence-electron chi connectivity index (χ2n) is 6.18. The van der Waals surface area contributed by atoms with E-state index in [2.05, 4.69) is 0 Å². The van der Waals surface area contributed by atoms with E-state index in [1.807, 2.05) is 0 Å². The highest BCUT2D eigenvalue weighted by atomic mass is 19.1. The van der Waals surface area contributed by atoms with E-state index in [-0.39, 0.29) is 25.2 Å². The molecule has 0 aliphatic heterocycles. The average Bonchev–Trinajstić information content (AvgIpc) is 2.64. The standard InChI is InChI=1S/C18H33FO7/c1-21-6-7-22-8-9-23-10-11-24-12-13-25-14-15-26-16-18(19)4-2-17(20)3-5-18/h2-16H2,1H3. The molecule has 0 N–H and O–H groups in total. The third kappa shape index (κ3) is 12.7. The van der Waals surface area contributed by atoms with E-state index in [4.69, 9.17) is 28.4 Å². The SMILES string of the molecule is COCCOCCOCCOCCOCCOCC1(F)CCC(=O)CC1. The van der Waals surface area contributed by atoms with Crippen molar-refractivity contribution >= 4 is 5.78 Å². The quantitative estimate of drug-likeness (QED) is 0.355. The Bertz CT molecular complexity index is 344. The second kappa shape index (κ2) is 15.4. The summed E-state index contributed by atoms with van der Waals surface area (Å²) in [7, 11) is 1.63. The van der Waals surface area contributed by atoms with Gasteiger partial charge in [-0.2, -0.15) is 0 Å². The summed E-state index contributed by atoms with van der Waals surface area (Å²) in [6.45, 7) is 4.95. The molecule has 0 aromatic carbocycles. The first kappa shape index (κ1) is 23.4. The lowest BCUT2D eigenvalue weighted by Crippen LogP contribution is -2.35. The lowest BCUT2D eigenvalue weighted by atomic mass is 9.86. The van der Waals surface area contributed by atoms with Gasteiger partial charge >= 0.3 is 0 Å². The summed E-state index contributed by atoms with van der Waals surface area (Å²) in [4.78, 5) is 11.1. The minimum atomic E-state index is -1.36. The zero-order valence-corrected chi connectivity index (χ0v) is 15.8. The summed E-state index contributed by atoms with van der Waals surface area (Å²) >= 11 is 0. The molecule has 0 atom stereocenters. The van der Waals surface area contributed by atoms with Crippen molar-refractivity contribution in [1.82, 2.24) is 0 Å². The Morgan fingerprint density at radius 3 is 1.54 bits per heavy atom. The molecule has 0 amide bonds. The molecule has 0 bridgehead atoms. The topological polar surface area (TPSA) is 72.5 Å². The van der Waals surface area contributed by atoms with Crippen molar-refractivity contribution < 1.29 is 37.6 Å². The average molecular weight is 380 g/mol. The van der Waals surface area contributed by atoms with Crippen LogP contribution >= 0.6 is 0 Å². The van der Waals surface area contributed by atoms with E-state index in [1.54, 1.807) is 7.11 Å². The summed E-state index contributed by atoms with van der Waals surface area (Å²) in [6.07, 6.45) is 1.17. The molecule has 8 heteroatoms. The van der Waals surface area contributed by atoms with Crippen LogP contribution in [0.15, 0.2) is 0 Å². The molecular formula is C18H33FO7. The molecule has 0 unspecified atom stereocenters. The summed E-state index contributed by atoms with van der Waals surface area (Å²) in [5.41, 5.74) is -1.36. The molecule has 0 aromatic rings. The molecule has 26 heavy (non-hydrogen) atoms. The first-order valence-electron chi connectivity index (χ1n) is 9.24. The van der Waals surface area contributed by atoms with Gasteiger partial charge in [-0.1, -0.05) is 0 Å². The summed E-state index contributed by atoms with van der Waals surface area (Å²) < 4.78 is 45.8. The van der Waals surface area contributed by atoms with Crippen LogP contribution in [-0.2, 0) is 33.2 Å². The predicted molar refractivity (Wildman–Crippen MR) is 93.3 cm³/mol. The van der Waals surface area contributed by atoms with Gasteiger partial charge in [0.25, 0.3) is 0 Å². The fraction of sp³-hybridized carbons (Fsp3) is 0.944. The Balaban J connectivity index is 1.75. The Hall–Kier alpha value is -0.640. The van der Waals surface area contributed by atoms with E-state index in [1.165, 1.54) is 0 Å². The Morgan fingerprint density at radius 1 is 0.731 bits per heavy atom. The predicted octanol–water partition coefficient (Wildman–Crippen LogP) is 1.57. The van der Waals surface area contributed by atoms with Gasteiger partial charge in [-0.05, 0) is 12.8 Å². The van der Waals surface area contributed by atoms with Gasteiger partial charge in [-0.25, -0.2) is 4.39 Å². The normalized spacial score (nSPS) is 16.9. The van der Waals surface area contributed by atoms with Gasteiger partial charge in [0.05, 0.1) is 72.7 Å². The van der Waals surface area contributed by atoms with Crippen LogP contribution in [0.2, 0.25) is 0 Å². The number of methoxy groups -OCH3 is 1. The molecule has 1 fully saturated rings. The first-order valence-corrected chi connectivity index (χ1v) is 9.24. The lowest BCUT2D eigenvalue weighted by molar-refractivity contribution is -0.124. The van der Waals surface area contributed by atoms with Crippen molar-refractivity contribution in [3.05, 3.63) is 0 Å². The Morgan fingerprint density at radius 2 is 1.12 bits per heavy atom. The molecule has 1 saturated carbocycles. The highest BCUT2D eigenvalue weighted by Crippen LogP contribution is 2.30. The number of carbonyl (C=O) groups is 1. The lowest BCUT2D eigenvalue weighted by Gasteiger charge is -2.28. The minimum Gasteiger partial charge on any atom is -0.382 e. The molecule has 7 nitrogen and oxygen atoms in total. The maximum Gasteiger partial charge on any atom is 0.135 e. The zero-order chi connectivity index (χ0) is 18.9. The van der Waals surface area contributed by atoms with Gasteiger partial charge in [0.2, 0.25) is 0 Å². The third-order valence-electron chi connectivity index (χ3n) is 3.98. The molecule has 1 aliphatic carbocycles. The number of rotatable bonds is 17. The van der Waals surface area contributed by atoms with Crippen LogP contribution in [0.5, 0.6) is 0 Å². The van der Waals surface area contributed by atoms with Crippen molar-refractivity contribution in [3.8, 4) is 0 Å². The van der Waals surface area contributed by atoms with Crippen molar-refractivity contribution in [2.45, 2.75) is 31.4 Å². The summed E-state index contributed by atoms with van der Waals surface area (Å²) in [5, 5.41) is 0. The highest BCUT2D eigenvalue weighted by molar-refractivity contribution is 5.79. The summed E-state index contributed by atoms with van der Waals surface area (Å²) in [6, 6.07) is 0. The monoisotopic (exact) mass is 380 g/mol. The number of carbonyl (C=O) groups excluding carboxylic acids is 1. The van der Waals surface area contributed by atoms with E-state index >= 15 is 0 Å². The van der Waals surface area contributed by atoms with Crippen molar-refractivity contribution in [1.29, 1.82) is 0 Å². The molecule has 154 valence electrons. The van der Waals surface area contributed by atoms with Crippen molar-refractivity contribution in [2.75, 3.05) is 79.8 Å². The number of hydrogen-bond acceptors (Lipinski definition) is 7. The van der Waals surface area contributed by atoms with Gasteiger partial charge < -0.3 is 28.4 Å². The van der Waals surface area contributed by atoms with Crippen LogP contribution in [0.25, 0.3) is 0 Å². The minimum absolute atomic E-state index is 0.0344. The van der Waals surface area contributed by atoms with Crippen LogP contribution in [-0.4, -0.2) is 91.2 Å². The molecule has 0 heterocycles.